The van der Waals surface area contributed by atoms with Gasteiger partial charge in [0.25, 0.3) is 0 Å². The van der Waals surface area contributed by atoms with Crippen LogP contribution in [-0.2, 0) is 11.2 Å². The van der Waals surface area contributed by atoms with Gasteiger partial charge in [-0.2, -0.15) is 0 Å². The van der Waals surface area contributed by atoms with Crippen molar-refractivity contribution in [2.75, 3.05) is 5.32 Å². The number of aromatic amines is 1. The van der Waals surface area contributed by atoms with Crippen molar-refractivity contribution in [1.29, 1.82) is 0 Å². The van der Waals surface area contributed by atoms with E-state index >= 15 is 0 Å². The number of H-pyrrole nitrogens is 1. The van der Waals surface area contributed by atoms with Crippen LogP contribution in [0, 0.1) is 0 Å². The summed E-state index contributed by atoms with van der Waals surface area (Å²) in [5.41, 5.74) is 1.97. The number of carbonyl (C=O) groups excluding carboxylic acids is 1. The lowest BCUT2D eigenvalue weighted by Crippen LogP contribution is -2.14. The third-order valence-corrected chi connectivity index (χ3v) is 3.64. The first kappa shape index (κ1) is 12.1. The van der Waals surface area contributed by atoms with Crippen molar-refractivity contribution in [3.63, 3.8) is 0 Å². The van der Waals surface area contributed by atoms with E-state index in [1.54, 1.807) is 0 Å². The van der Waals surface area contributed by atoms with Crippen molar-refractivity contribution in [3.8, 4) is 0 Å². The van der Waals surface area contributed by atoms with Crippen molar-refractivity contribution >= 4 is 22.8 Å². The number of anilines is 1. The van der Waals surface area contributed by atoms with E-state index in [-0.39, 0.29) is 18.3 Å². The minimum Gasteiger partial charge on any atom is -0.408 e. The maximum absolute atomic E-state index is 12.1. The van der Waals surface area contributed by atoms with Crippen molar-refractivity contribution in [1.82, 2.24) is 15.2 Å². The molecule has 1 fully saturated rings. The first-order chi connectivity index (χ1) is 10.3. The maximum atomic E-state index is 12.1. The van der Waals surface area contributed by atoms with Crippen LogP contribution in [0.15, 0.2) is 34.9 Å². The van der Waals surface area contributed by atoms with Gasteiger partial charge in [-0.1, -0.05) is 23.3 Å². The van der Waals surface area contributed by atoms with Crippen LogP contribution in [0.4, 0.5) is 6.01 Å². The van der Waals surface area contributed by atoms with Crippen LogP contribution in [0.2, 0.25) is 0 Å². The Balaban J connectivity index is 1.47. The molecule has 2 aromatic heterocycles. The molecule has 1 aliphatic carbocycles. The first-order valence-corrected chi connectivity index (χ1v) is 6.98. The molecular formula is C15H14N4O2. The van der Waals surface area contributed by atoms with Gasteiger partial charge in [-0.25, -0.2) is 0 Å². The first-order valence-electron chi connectivity index (χ1n) is 6.98. The van der Waals surface area contributed by atoms with E-state index in [2.05, 4.69) is 20.5 Å². The van der Waals surface area contributed by atoms with Gasteiger partial charge in [-0.05, 0) is 24.5 Å². The van der Waals surface area contributed by atoms with Gasteiger partial charge in [-0.15, -0.1) is 5.10 Å². The molecule has 21 heavy (non-hydrogen) atoms. The van der Waals surface area contributed by atoms with Gasteiger partial charge in [0.05, 0.1) is 6.42 Å². The summed E-state index contributed by atoms with van der Waals surface area (Å²) in [4.78, 5) is 15.2. The highest BCUT2D eigenvalue weighted by Gasteiger charge is 2.29. The zero-order valence-electron chi connectivity index (χ0n) is 11.3. The molecule has 1 saturated carbocycles. The fourth-order valence-electron chi connectivity index (χ4n) is 2.39. The Morgan fingerprint density at radius 1 is 1.33 bits per heavy atom. The number of para-hydroxylation sites is 1. The van der Waals surface area contributed by atoms with Gasteiger partial charge in [0.1, 0.15) is 0 Å². The second kappa shape index (κ2) is 4.73. The molecule has 1 amide bonds. The molecule has 2 N–H and O–H groups in total. The number of benzene rings is 1. The second-order valence-corrected chi connectivity index (χ2v) is 5.30. The van der Waals surface area contributed by atoms with Crippen LogP contribution in [0.5, 0.6) is 0 Å². The molecule has 0 atom stereocenters. The third-order valence-electron chi connectivity index (χ3n) is 3.64. The van der Waals surface area contributed by atoms with Crippen LogP contribution >= 0.6 is 0 Å². The summed E-state index contributed by atoms with van der Waals surface area (Å²) in [5.74, 6) is 0.847. The highest BCUT2D eigenvalue weighted by Crippen LogP contribution is 2.39. The Bertz CT molecular complexity index is 801. The van der Waals surface area contributed by atoms with Crippen LogP contribution in [0.3, 0.4) is 0 Å². The molecule has 2 heterocycles. The molecule has 0 radical (unpaired) electrons. The Morgan fingerprint density at radius 3 is 3.05 bits per heavy atom. The summed E-state index contributed by atoms with van der Waals surface area (Å²) in [6, 6.07) is 8.07. The SMILES string of the molecule is O=C(Cc1c[nH]c2ccccc12)Nc1nnc(C2CC2)o1. The summed E-state index contributed by atoms with van der Waals surface area (Å²) in [7, 11) is 0. The number of carbonyl (C=O) groups is 1. The minimum atomic E-state index is -0.161. The quantitative estimate of drug-likeness (QED) is 0.770. The number of nitrogens with zero attached hydrogens (tertiary/aromatic N) is 2. The molecule has 1 aromatic carbocycles. The fraction of sp³-hybridized carbons (Fsp3) is 0.267. The number of amides is 1. The summed E-state index contributed by atoms with van der Waals surface area (Å²) in [5, 5.41) is 11.5. The van der Waals surface area contributed by atoms with Crippen LogP contribution in [-0.4, -0.2) is 21.1 Å². The van der Waals surface area contributed by atoms with E-state index in [0.717, 1.165) is 29.3 Å². The number of rotatable bonds is 4. The van der Waals surface area contributed by atoms with E-state index in [4.69, 9.17) is 4.42 Å². The highest BCUT2D eigenvalue weighted by atomic mass is 16.4. The smallest absolute Gasteiger partial charge is 0.322 e. The van der Waals surface area contributed by atoms with Gasteiger partial charge in [0.2, 0.25) is 11.8 Å². The van der Waals surface area contributed by atoms with Gasteiger partial charge in [0.15, 0.2) is 0 Å². The normalized spacial score (nSPS) is 14.5. The van der Waals surface area contributed by atoms with Gasteiger partial charge in [0, 0.05) is 23.0 Å². The lowest BCUT2D eigenvalue weighted by atomic mass is 10.1. The van der Waals surface area contributed by atoms with Gasteiger partial charge < -0.3 is 9.40 Å². The lowest BCUT2D eigenvalue weighted by molar-refractivity contribution is -0.115. The monoisotopic (exact) mass is 282 g/mol. The molecule has 0 saturated heterocycles. The Hall–Kier alpha value is -2.63. The average Bonchev–Trinajstić information content (AvgIpc) is 3.12. The van der Waals surface area contributed by atoms with Crippen molar-refractivity contribution in [2.45, 2.75) is 25.2 Å². The summed E-state index contributed by atoms with van der Waals surface area (Å²) in [6.07, 6.45) is 4.30. The van der Waals surface area contributed by atoms with Crippen molar-refractivity contribution in [3.05, 3.63) is 41.9 Å². The standard InChI is InChI=1S/C15H14N4O2/c20-13(17-15-19-18-14(21-15)9-5-6-9)7-10-8-16-12-4-2-1-3-11(10)12/h1-4,8-9,16H,5-7H2,(H,17,19,20). The van der Waals surface area contributed by atoms with Gasteiger partial charge in [-0.3, -0.25) is 10.1 Å². The van der Waals surface area contributed by atoms with Crippen molar-refractivity contribution < 1.29 is 9.21 Å². The number of nitrogens with one attached hydrogen (secondary N) is 2. The number of fused-ring (bicyclic) bond motifs is 1. The van der Waals surface area contributed by atoms with Gasteiger partial charge >= 0.3 is 6.01 Å². The summed E-state index contributed by atoms with van der Waals surface area (Å²) >= 11 is 0. The molecule has 0 aliphatic heterocycles. The summed E-state index contributed by atoms with van der Waals surface area (Å²) in [6.45, 7) is 0. The average molecular weight is 282 g/mol. The van der Waals surface area contributed by atoms with E-state index in [1.807, 2.05) is 30.5 Å². The van der Waals surface area contributed by atoms with Crippen LogP contribution in [0.1, 0.15) is 30.2 Å². The Labute approximate surface area is 120 Å². The van der Waals surface area contributed by atoms with Crippen LogP contribution < -0.4 is 5.32 Å². The molecular weight excluding hydrogens is 268 g/mol. The number of hydrogen-bond donors (Lipinski definition) is 2. The third kappa shape index (κ3) is 2.40. The summed E-state index contributed by atoms with van der Waals surface area (Å²) < 4.78 is 5.42. The van der Waals surface area contributed by atoms with E-state index in [9.17, 15) is 4.79 Å². The highest BCUT2D eigenvalue weighted by molar-refractivity contribution is 5.94. The molecule has 1 aliphatic rings. The largest absolute Gasteiger partial charge is 0.408 e. The molecule has 0 unspecified atom stereocenters. The Morgan fingerprint density at radius 2 is 2.19 bits per heavy atom. The zero-order valence-corrected chi connectivity index (χ0v) is 11.3. The van der Waals surface area contributed by atoms with Crippen molar-refractivity contribution in [2.24, 2.45) is 0 Å². The molecule has 0 bridgehead atoms. The lowest BCUT2D eigenvalue weighted by Gasteiger charge is -1.99. The second-order valence-electron chi connectivity index (χ2n) is 5.30. The predicted octanol–water partition coefficient (Wildman–Crippen LogP) is 2.61. The maximum Gasteiger partial charge on any atom is 0.322 e. The molecule has 0 spiro atoms. The molecule has 106 valence electrons. The zero-order chi connectivity index (χ0) is 14.2. The predicted molar refractivity (Wildman–Crippen MR) is 76.9 cm³/mol. The minimum absolute atomic E-state index is 0.161. The molecule has 4 rings (SSSR count). The molecule has 6 nitrogen and oxygen atoms in total. The number of aromatic nitrogens is 3. The van der Waals surface area contributed by atoms with E-state index in [0.29, 0.717) is 11.8 Å². The molecule has 3 aromatic rings. The van der Waals surface area contributed by atoms with E-state index in [1.165, 1.54) is 0 Å². The topological polar surface area (TPSA) is 83.8 Å². The Kier molecular flexibility index (Phi) is 2.73. The fourth-order valence-corrected chi connectivity index (χ4v) is 2.39. The molecule has 6 heteroatoms. The van der Waals surface area contributed by atoms with Crippen LogP contribution in [0.25, 0.3) is 10.9 Å². The van der Waals surface area contributed by atoms with E-state index < -0.39 is 0 Å². The number of hydrogen-bond acceptors (Lipinski definition) is 4.